The fraction of sp³-hybridized carbons (Fsp3) is 0.833. The Kier molecular flexibility index (Phi) is 30.0. The largest absolute Gasteiger partial charge is 0.481 e. The number of carbonyl (C=O) groups is 2. The first-order chi connectivity index (χ1) is 19.1. The van der Waals surface area contributed by atoms with Crippen LogP contribution in [0, 0.1) is 5.92 Å². The first-order valence-electron chi connectivity index (χ1n) is 17.2. The van der Waals surface area contributed by atoms with Crippen molar-refractivity contribution in [2.45, 2.75) is 187 Å². The molecule has 39 heavy (non-hydrogen) atoms. The molecule has 0 aromatic heterocycles. The van der Waals surface area contributed by atoms with Crippen LogP contribution in [0.4, 0.5) is 0 Å². The van der Waals surface area contributed by atoms with E-state index < -0.39 is 11.9 Å². The van der Waals surface area contributed by atoms with Crippen molar-refractivity contribution in [1.29, 1.82) is 0 Å². The quantitative estimate of drug-likeness (QED) is 0.0534. The summed E-state index contributed by atoms with van der Waals surface area (Å²) in [5.41, 5.74) is 0. The first-order valence-corrected chi connectivity index (χ1v) is 17.2. The summed E-state index contributed by atoms with van der Waals surface area (Å²) in [4.78, 5) is 24.1. The molecule has 0 aliphatic rings. The zero-order valence-electron chi connectivity index (χ0n) is 26.2. The molecule has 0 aromatic rings. The van der Waals surface area contributed by atoms with E-state index in [4.69, 9.17) is 0 Å². The molecule has 0 bridgehead atoms. The Balaban J connectivity index is 3.64. The van der Waals surface area contributed by atoms with Crippen LogP contribution in [-0.4, -0.2) is 16.9 Å². The number of aliphatic carboxylic acids is 1. The molecule has 0 radical (unpaired) electrons. The molecule has 0 amide bonds. The van der Waals surface area contributed by atoms with Gasteiger partial charge in [-0.2, -0.15) is 0 Å². The van der Waals surface area contributed by atoms with Gasteiger partial charge in [0.05, 0.1) is 0 Å². The van der Waals surface area contributed by atoms with Gasteiger partial charge in [-0.15, -0.1) is 0 Å². The highest BCUT2D eigenvalue weighted by Gasteiger charge is 2.24. The van der Waals surface area contributed by atoms with Crippen molar-refractivity contribution in [3.8, 4) is 0 Å². The van der Waals surface area contributed by atoms with Gasteiger partial charge in [0.15, 0.2) is 0 Å². The summed E-state index contributed by atoms with van der Waals surface area (Å²) in [5, 5.41) is 9.54. The highest BCUT2D eigenvalue weighted by Crippen LogP contribution is 2.17. The van der Waals surface area contributed by atoms with Crippen molar-refractivity contribution in [1.82, 2.24) is 0 Å². The first kappa shape index (κ1) is 37.6. The van der Waals surface area contributed by atoms with Gasteiger partial charge < -0.3 is 5.11 Å². The van der Waals surface area contributed by atoms with Gasteiger partial charge in [0, 0.05) is 6.42 Å². The smallest absolute Gasteiger partial charge is 0.314 e. The average molecular weight is 547 g/mol. The van der Waals surface area contributed by atoms with Crippen LogP contribution in [0.25, 0.3) is 0 Å². The Bertz CT molecular complexity index is 592. The highest BCUT2D eigenvalue weighted by atomic mass is 16.4. The van der Waals surface area contributed by atoms with E-state index >= 15 is 0 Å². The summed E-state index contributed by atoms with van der Waals surface area (Å²) in [6.07, 6.45) is 40.8. The lowest BCUT2D eigenvalue weighted by molar-refractivity contribution is -0.146. The summed E-state index contributed by atoms with van der Waals surface area (Å²) in [6, 6.07) is 0. The second kappa shape index (κ2) is 31.2. The predicted octanol–water partition coefficient (Wildman–Crippen LogP) is 11.9. The van der Waals surface area contributed by atoms with Gasteiger partial charge in [0.2, 0.25) is 0 Å². The third-order valence-electron chi connectivity index (χ3n) is 7.88. The normalized spacial score (nSPS) is 12.6. The molecule has 1 N–H and O–H groups in total. The maximum Gasteiger partial charge on any atom is 0.314 e. The fourth-order valence-electron chi connectivity index (χ4n) is 5.21. The minimum Gasteiger partial charge on any atom is -0.481 e. The average Bonchev–Trinajstić information content (AvgIpc) is 2.92. The second-order valence-corrected chi connectivity index (χ2v) is 11.7. The van der Waals surface area contributed by atoms with Crippen LogP contribution >= 0.6 is 0 Å². The summed E-state index contributed by atoms with van der Waals surface area (Å²) in [5.74, 6) is -1.78. The summed E-state index contributed by atoms with van der Waals surface area (Å²) < 4.78 is 0. The third-order valence-corrected chi connectivity index (χ3v) is 7.88. The molecule has 0 rings (SSSR count). The topological polar surface area (TPSA) is 54.4 Å². The third kappa shape index (κ3) is 28.0. The number of carbonyl (C=O) groups excluding carboxylic acids is 1. The van der Waals surface area contributed by atoms with Crippen molar-refractivity contribution < 1.29 is 14.7 Å². The van der Waals surface area contributed by atoms with Gasteiger partial charge in [0.25, 0.3) is 0 Å². The minimum absolute atomic E-state index is 0.0576. The Morgan fingerprint density at radius 3 is 1.21 bits per heavy atom. The van der Waals surface area contributed by atoms with Crippen molar-refractivity contribution in [3.63, 3.8) is 0 Å². The van der Waals surface area contributed by atoms with Gasteiger partial charge in [-0.25, -0.2) is 0 Å². The van der Waals surface area contributed by atoms with Crippen molar-refractivity contribution in [3.05, 3.63) is 24.3 Å². The second-order valence-electron chi connectivity index (χ2n) is 11.7. The lowest BCUT2D eigenvalue weighted by Gasteiger charge is -2.11. The van der Waals surface area contributed by atoms with Gasteiger partial charge in [-0.05, 0) is 64.2 Å². The van der Waals surface area contributed by atoms with E-state index in [1.165, 1.54) is 103 Å². The molecule has 0 aliphatic heterocycles. The van der Waals surface area contributed by atoms with Crippen molar-refractivity contribution in [2.75, 3.05) is 0 Å². The van der Waals surface area contributed by atoms with Crippen LogP contribution in [0.3, 0.4) is 0 Å². The SMILES string of the molecule is CCCCCCCC/C=C/CCCCCCCC(=O)C(CCCCCC/C=C/CCCCCCCC)C(=O)O. The fourth-order valence-corrected chi connectivity index (χ4v) is 5.21. The standard InChI is InChI=1S/C36H66O3/c1-3-5-7-9-11-13-15-17-19-21-23-25-27-29-31-33-35(37)34(36(38)39)32-30-28-26-24-22-20-18-16-14-12-10-8-6-4-2/h17-20,34H,3-16,21-33H2,1-2H3,(H,38,39)/b19-17+,20-18+. The van der Waals surface area contributed by atoms with E-state index in [0.717, 1.165) is 57.8 Å². The molecule has 3 heteroatoms. The molecule has 1 unspecified atom stereocenters. The number of carboxylic acids is 1. The molecule has 0 fully saturated rings. The number of hydrogen-bond donors (Lipinski definition) is 1. The van der Waals surface area contributed by atoms with E-state index in [0.29, 0.717) is 12.8 Å². The van der Waals surface area contributed by atoms with E-state index in [9.17, 15) is 14.7 Å². The maximum atomic E-state index is 12.5. The lowest BCUT2D eigenvalue weighted by Crippen LogP contribution is -2.23. The molecular formula is C36H66O3. The van der Waals surface area contributed by atoms with Crippen LogP contribution in [0.1, 0.15) is 187 Å². The molecular weight excluding hydrogens is 480 g/mol. The number of unbranched alkanes of at least 4 members (excludes halogenated alkanes) is 21. The number of rotatable bonds is 31. The van der Waals surface area contributed by atoms with Crippen molar-refractivity contribution in [2.24, 2.45) is 5.92 Å². The predicted molar refractivity (Wildman–Crippen MR) is 170 cm³/mol. The van der Waals surface area contributed by atoms with E-state index in [1.807, 2.05) is 0 Å². The van der Waals surface area contributed by atoms with Gasteiger partial charge in [-0.3, -0.25) is 9.59 Å². The zero-order chi connectivity index (χ0) is 28.7. The van der Waals surface area contributed by atoms with Gasteiger partial charge in [0.1, 0.15) is 11.7 Å². The van der Waals surface area contributed by atoms with Crippen LogP contribution in [0.5, 0.6) is 0 Å². The molecule has 0 spiro atoms. The Labute approximate surface area is 243 Å². The summed E-state index contributed by atoms with van der Waals surface area (Å²) in [6.45, 7) is 4.52. The molecule has 3 nitrogen and oxygen atoms in total. The zero-order valence-corrected chi connectivity index (χ0v) is 26.2. The molecule has 0 saturated heterocycles. The number of hydrogen-bond acceptors (Lipinski definition) is 2. The summed E-state index contributed by atoms with van der Waals surface area (Å²) >= 11 is 0. The van der Waals surface area contributed by atoms with E-state index in [2.05, 4.69) is 38.2 Å². The molecule has 0 aliphatic carbocycles. The van der Waals surface area contributed by atoms with Gasteiger partial charge >= 0.3 is 5.97 Å². The highest BCUT2D eigenvalue weighted by molar-refractivity contribution is 5.98. The monoisotopic (exact) mass is 547 g/mol. The Morgan fingerprint density at radius 2 is 0.821 bits per heavy atom. The van der Waals surface area contributed by atoms with Crippen molar-refractivity contribution >= 4 is 11.8 Å². The van der Waals surface area contributed by atoms with Crippen LogP contribution in [0.15, 0.2) is 24.3 Å². The van der Waals surface area contributed by atoms with E-state index in [1.54, 1.807) is 0 Å². The number of allylic oxidation sites excluding steroid dienone is 4. The molecule has 228 valence electrons. The van der Waals surface area contributed by atoms with Crippen LogP contribution in [-0.2, 0) is 9.59 Å². The van der Waals surface area contributed by atoms with Crippen LogP contribution in [0.2, 0.25) is 0 Å². The van der Waals surface area contributed by atoms with Crippen LogP contribution < -0.4 is 0 Å². The van der Waals surface area contributed by atoms with E-state index in [-0.39, 0.29) is 5.78 Å². The lowest BCUT2D eigenvalue weighted by atomic mass is 9.93. The maximum absolute atomic E-state index is 12.5. The number of carboxylic acid groups (broad SMARTS) is 1. The molecule has 0 heterocycles. The molecule has 0 aromatic carbocycles. The molecule has 0 saturated carbocycles. The number of Topliss-reactive ketones (excluding diaryl/α,β-unsaturated/α-hetero) is 1. The Morgan fingerprint density at radius 1 is 0.487 bits per heavy atom. The molecule has 1 atom stereocenters. The summed E-state index contributed by atoms with van der Waals surface area (Å²) in [7, 11) is 0. The van der Waals surface area contributed by atoms with Gasteiger partial charge in [-0.1, -0.05) is 141 Å². The Hall–Kier alpha value is -1.38. The number of ketones is 1. The minimum atomic E-state index is -0.926.